The van der Waals surface area contributed by atoms with Crippen molar-refractivity contribution in [3.05, 3.63) is 82.1 Å². The van der Waals surface area contributed by atoms with E-state index < -0.39 is 17.6 Å². The zero-order valence-corrected chi connectivity index (χ0v) is 14.3. The van der Waals surface area contributed by atoms with Gasteiger partial charge in [0.25, 0.3) is 0 Å². The molecule has 2 heterocycles. The summed E-state index contributed by atoms with van der Waals surface area (Å²) < 4.78 is 41.7. The first-order valence-electron chi connectivity index (χ1n) is 7.49. The van der Waals surface area contributed by atoms with Gasteiger partial charge in [-0.3, -0.25) is 4.98 Å². The number of halogens is 4. The third-order valence-corrected chi connectivity index (χ3v) is 4.89. The second-order valence-electron chi connectivity index (χ2n) is 5.68. The summed E-state index contributed by atoms with van der Waals surface area (Å²) in [6, 6.07) is 10.3. The van der Waals surface area contributed by atoms with Crippen LogP contribution >= 0.6 is 15.9 Å². The topological polar surface area (TPSA) is 25.8 Å². The lowest BCUT2D eigenvalue weighted by Crippen LogP contribution is -2.02. The van der Waals surface area contributed by atoms with Crippen LogP contribution in [0.5, 0.6) is 0 Å². The summed E-state index contributed by atoms with van der Waals surface area (Å²) in [6.45, 7) is 0. The minimum atomic E-state index is -1.24. The average Bonchev–Trinajstić information content (AvgIpc) is 2.61. The largest absolute Gasteiger partial charge is 0.264 e. The van der Waals surface area contributed by atoms with Gasteiger partial charge in [-0.15, -0.1) is 0 Å². The molecule has 2 nitrogen and oxygen atoms in total. The standard InChI is InChI=1S/C19H10BrF3N2/c20-17-14(21)4-3-13-15(25-19(23)18(22)16(13)17)8-10-1-2-11-5-6-24-9-12(11)7-10/h1-7,9H,8H2. The first kappa shape index (κ1) is 16.0. The van der Waals surface area contributed by atoms with Crippen LogP contribution in [0.25, 0.3) is 21.5 Å². The minimum Gasteiger partial charge on any atom is -0.264 e. The molecule has 0 saturated carbocycles. The molecule has 0 aliphatic carbocycles. The van der Waals surface area contributed by atoms with Crippen LogP contribution in [0.1, 0.15) is 11.3 Å². The van der Waals surface area contributed by atoms with Gasteiger partial charge in [0.1, 0.15) is 5.82 Å². The summed E-state index contributed by atoms with van der Waals surface area (Å²) in [4.78, 5) is 7.83. The Labute approximate surface area is 149 Å². The summed E-state index contributed by atoms with van der Waals surface area (Å²) in [5.74, 6) is -3.05. The molecule has 6 heteroatoms. The predicted octanol–water partition coefficient (Wildman–Crippen LogP) is 5.55. The Balaban J connectivity index is 1.88. The third-order valence-electron chi connectivity index (χ3n) is 4.12. The fourth-order valence-electron chi connectivity index (χ4n) is 2.91. The van der Waals surface area contributed by atoms with Crippen molar-refractivity contribution in [2.24, 2.45) is 0 Å². The molecular weight excluding hydrogens is 393 g/mol. The molecule has 0 fully saturated rings. The SMILES string of the molecule is Fc1ccc2c(Cc3ccc4ccncc4c3)nc(F)c(F)c2c1Br. The van der Waals surface area contributed by atoms with Gasteiger partial charge in [0.05, 0.1) is 10.2 Å². The van der Waals surface area contributed by atoms with E-state index in [0.717, 1.165) is 16.3 Å². The third kappa shape index (κ3) is 2.76. The van der Waals surface area contributed by atoms with E-state index in [9.17, 15) is 13.2 Å². The molecule has 0 saturated heterocycles. The highest BCUT2D eigenvalue weighted by Gasteiger charge is 2.18. The molecule has 0 aliphatic heterocycles. The van der Waals surface area contributed by atoms with E-state index in [1.807, 2.05) is 24.3 Å². The van der Waals surface area contributed by atoms with Crippen molar-refractivity contribution in [1.29, 1.82) is 0 Å². The number of hydrogen-bond acceptors (Lipinski definition) is 2. The van der Waals surface area contributed by atoms with Crippen LogP contribution in [0.3, 0.4) is 0 Å². The summed E-state index contributed by atoms with van der Waals surface area (Å²) in [5, 5.41) is 2.22. The van der Waals surface area contributed by atoms with Crippen LogP contribution in [0.15, 0.2) is 53.3 Å². The molecule has 124 valence electrons. The Kier molecular flexibility index (Phi) is 3.92. The van der Waals surface area contributed by atoms with Crippen molar-refractivity contribution in [3.63, 3.8) is 0 Å². The fourth-order valence-corrected chi connectivity index (χ4v) is 3.43. The Morgan fingerprint density at radius 1 is 0.960 bits per heavy atom. The molecule has 0 amide bonds. The van der Waals surface area contributed by atoms with Crippen LogP contribution < -0.4 is 0 Å². The monoisotopic (exact) mass is 402 g/mol. The zero-order valence-electron chi connectivity index (χ0n) is 12.7. The molecule has 0 bridgehead atoms. The van der Waals surface area contributed by atoms with E-state index in [0.29, 0.717) is 11.1 Å². The van der Waals surface area contributed by atoms with Crippen molar-refractivity contribution >= 4 is 37.5 Å². The maximum atomic E-state index is 14.1. The van der Waals surface area contributed by atoms with Crippen LogP contribution in [-0.4, -0.2) is 9.97 Å². The molecule has 4 aromatic rings. The van der Waals surface area contributed by atoms with E-state index in [2.05, 4.69) is 25.9 Å². The first-order chi connectivity index (χ1) is 12.0. The average molecular weight is 403 g/mol. The first-order valence-corrected chi connectivity index (χ1v) is 8.28. The van der Waals surface area contributed by atoms with Gasteiger partial charge in [0.2, 0.25) is 5.95 Å². The Morgan fingerprint density at radius 3 is 2.64 bits per heavy atom. The summed E-state index contributed by atoms with van der Waals surface area (Å²) in [6.07, 6.45) is 3.73. The lowest BCUT2D eigenvalue weighted by molar-refractivity contribution is 0.483. The van der Waals surface area contributed by atoms with E-state index in [1.165, 1.54) is 12.1 Å². The maximum absolute atomic E-state index is 14.1. The van der Waals surface area contributed by atoms with Crippen molar-refractivity contribution in [1.82, 2.24) is 9.97 Å². The quantitative estimate of drug-likeness (QED) is 0.410. The number of benzene rings is 2. The fraction of sp³-hybridized carbons (Fsp3) is 0.0526. The van der Waals surface area contributed by atoms with Gasteiger partial charge < -0.3 is 0 Å². The second kappa shape index (κ2) is 6.11. The number of aromatic nitrogens is 2. The highest BCUT2D eigenvalue weighted by molar-refractivity contribution is 9.10. The van der Waals surface area contributed by atoms with Crippen molar-refractivity contribution in [2.75, 3.05) is 0 Å². The van der Waals surface area contributed by atoms with Crippen molar-refractivity contribution in [3.8, 4) is 0 Å². The highest BCUT2D eigenvalue weighted by Crippen LogP contribution is 2.32. The van der Waals surface area contributed by atoms with E-state index in [-0.39, 0.29) is 16.3 Å². The number of pyridine rings is 2. The molecule has 0 aliphatic rings. The van der Waals surface area contributed by atoms with Gasteiger partial charge in [-0.1, -0.05) is 12.1 Å². The highest BCUT2D eigenvalue weighted by atomic mass is 79.9. The molecular formula is C19H10BrF3N2. The Hall–Kier alpha value is -2.47. The molecule has 0 atom stereocenters. The second-order valence-corrected chi connectivity index (χ2v) is 6.47. The Morgan fingerprint density at radius 2 is 1.80 bits per heavy atom. The van der Waals surface area contributed by atoms with Crippen LogP contribution in [-0.2, 0) is 6.42 Å². The van der Waals surface area contributed by atoms with Crippen LogP contribution in [0.4, 0.5) is 13.2 Å². The van der Waals surface area contributed by atoms with E-state index >= 15 is 0 Å². The summed E-state index contributed by atoms with van der Waals surface area (Å²) in [5.41, 5.74) is 1.22. The summed E-state index contributed by atoms with van der Waals surface area (Å²) >= 11 is 3.00. The van der Waals surface area contributed by atoms with Gasteiger partial charge >= 0.3 is 0 Å². The molecule has 0 radical (unpaired) electrons. The van der Waals surface area contributed by atoms with E-state index in [1.54, 1.807) is 12.4 Å². The van der Waals surface area contributed by atoms with Crippen molar-refractivity contribution in [2.45, 2.75) is 6.42 Å². The van der Waals surface area contributed by atoms with Gasteiger partial charge in [-0.25, -0.2) is 13.8 Å². The Bertz CT molecular complexity index is 1120. The van der Waals surface area contributed by atoms with Crippen molar-refractivity contribution < 1.29 is 13.2 Å². The number of nitrogens with zero attached hydrogens (tertiary/aromatic N) is 2. The zero-order chi connectivity index (χ0) is 17.6. The number of hydrogen-bond donors (Lipinski definition) is 0. The lowest BCUT2D eigenvalue weighted by Gasteiger charge is -2.10. The molecule has 0 unspecified atom stereocenters. The normalized spacial score (nSPS) is 11.4. The van der Waals surface area contributed by atoms with Gasteiger partial charge in [-0.2, -0.15) is 4.39 Å². The minimum absolute atomic E-state index is 0.104. The molecule has 4 rings (SSSR count). The van der Waals surface area contributed by atoms with Crippen LogP contribution in [0.2, 0.25) is 0 Å². The molecule has 2 aromatic carbocycles. The molecule has 2 aromatic heterocycles. The number of fused-ring (bicyclic) bond motifs is 2. The number of rotatable bonds is 2. The molecule has 0 N–H and O–H groups in total. The maximum Gasteiger partial charge on any atom is 0.249 e. The predicted molar refractivity (Wildman–Crippen MR) is 93.9 cm³/mol. The van der Waals surface area contributed by atoms with Gasteiger partial charge in [0.15, 0.2) is 5.82 Å². The van der Waals surface area contributed by atoms with Gasteiger partial charge in [-0.05, 0) is 51.1 Å². The summed E-state index contributed by atoms with van der Waals surface area (Å²) in [7, 11) is 0. The van der Waals surface area contributed by atoms with Crippen LogP contribution in [0, 0.1) is 17.6 Å². The smallest absolute Gasteiger partial charge is 0.249 e. The van der Waals surface area contributed by atoms with E-state index in [4.69, 9.17) is 0 Å². The molecule has 25 heavy (non-hydrogen) atoms. The van der Waals surface area contributed by atoms with Gasteiger partial charge in [0, 0.05) is 35.0 Å². The lowest BCUT2D eigenvalue weighted by atomic mass is 10.0. The molecule has 0 spiro atoms.